The first kappa shape index (κ1) is 56.6. The van der Waals surface area contributed by atoms with Gasteiger partial charge in [-0.1, -0.05) is 179 Å². The number of carbonyl (C=O) groups is 1. The minimum atomic E-state index is -5.06. The molecule has 1 fully saturated rings. The molecule has 0 saturated carbocycles. The van der Waals surface area contributed by atoms with Crippen LogP contribution in [0, 0.1) is 0 Å². The molecule has 0 bridgehead atoms. The van der Waals surface area contributed by atoms with Crippen LogP contribution in [0.3, 0.4) is 0 Å². The van der Waals surface area contributed by atoms with Crippen LogP contribution in [0.15, 0.2) is 24.3 Å². The molecule has 0 spiro atoms. The number of hydrogen-bond donors (Lipinski definition) is 4. The van der Waals surface area contributed by atoms with Crippen molar-refractivity contribution in [3.63, 3.8) is 0 Å². The van der Waals surface area contributed by atoms with Gasteiger partial charge in [0.15, 0.2) is 6.29 Å². The Balaban J connectivity index is 2.40. The van der Waals surface area contributed by atoms with Crippen LogP contribution in [0.2, 0.25) is 0 Å². The van der Waals surface area contributed by atoms with E-state index < -0.39 is 59.8 Å². The SMILES string of the molecule is CCCCC/C=C\C/C=C\CCCCCCCCCC(=O)OC(COCCCCCCCCCCCCCCCCCC)COC1OC(CO)C(O)C(OS(=O)(=O)O)C1O. The number of hydrogen-bond acceptors (Lipinski definition) is 11. The third-order valence-electron chi connectivity index (χ3n) is 11.1. The van der Waals surface area contributed by atoms with Crippen LogP contribution in [0.4, 0.5) is 0 Å². The molecule has 1 saturated heterocycles. The molecule has 60 heavy (non-hydrogen) atoms. The van der Waals surface area contributed by atoms with E-state index in [1.54, 1.807) is 0 Å². The molecule has 1 aliphatic rings. The summed E-state index contributed by atoms with van der Waals surface area (Å²) in [5, 5.41) is 30.7. The van der Waals surface area contributed by atoms with Gasteiger partial charge in [-0.05, 0) is 44.9 Å². The average molecular weight is 877 g/mol. The Morgan fingerprint density at radius 3 is 1.62 bits per heavy atom. The van der Waals surface area contributed by atoms with Crippen LogP contribution in [0.1, 0.15) is 206 Å². The van der Waals surface area contributed by atoms with Crippen molar-refractivity contribution in [2.75, 3.05) is 26.4 Å². The van der Waals surface area contributed by atoms with Gasteiger partial charge in [-0.15, -0.1) is 0 Å². The summed E-state index contributed by atoms with van der Waals surface area (Å²) in [6.45, 7) is 3.98. The Bertz CT molecular complexity index is 1150. The lowest BCUT2D eigenvalue weighted by Crippen LogP contribution is -2.60. The zero-order valence-corrected chi connectivity index (χ0v) is 38.6. The topological polar surface area (TPSA) is 178 Å². The molecule has 0 radical (unpaired) electrons. The molecule has 354 valence electrons. The highest BCUT2D eigenvalue weighted by atomic mass is 32.3. The number of aliphatic hydroxyl groups is 3. The standard InChI is InChI=1S/C47H88O12S/c1-3-5-7-9-11-13-15-17-19-21-22-24-26-28-30-32-34-36-43(49)57-41(40-56-47-45(51)46(59-60(52,53)54)44(50)42(38-48)58-47)39-55-37-35-33-31-29-27-25-23-20-18-16-14-12-10-8-6-4-2/h11,13,17,19,41-42,44-48,50-51H,3-10,12,14-16,18,20-40H2,1-2H3,(H,52,53,54)/b13-11-,19-17-. The zero-order valence-electron chi connectivity index (χ0n) is 37.8. The van der Waals surface area contributed by atoms with E-state index in [2.05, 4.69) is 42.3 Å². The summed E-state index contributed by atoms with van der Waals surface area (Å²) < 4.78 is 59.1. The van der Waals surface area contributed by atoms with E-state index in [0.717, 1.165) is 51.4 Å². The highest BCUT2D eigenvalue weighted by molar-refractivity contribution is 7.80. The first-order chi connectivity index (χ1) is 29.1. The Hall–Kier alpha value is -1.42. The number of unbranched alkanes of at least 4 members (excludes halogenated alkanes) is 25. The van der Waals surface area contributed by atoms with Gasteiger partial charge in [-0.3, -0.25) is 9.35 Å². The van der Waals surface area contributed by atoms with E-state index in [9.17, 15) is 28.5 Å². The molecule has 4 N–H and O–H groups in total. The van der Waals surface area contributed by atoms with Crippen LogP contribution in [-0.2, 0) is 38.3 Å². The maximum Gasteiger partial charge on any atom is 0.397 e. The van der Waals surface area contributed by atoms with E-state index in [1.807, 2.05) is 0 Å². The summed E-state index contributed by atoms with van der Waals surface area (Å²) in [6.07, 6.45) is 34.9. The Morgan fingerprint density at radius 2 is 1.10 bits per heavy atom. The molecule has 1 aliphatic heterocycles. The molecule has 1 heterocycles. The van der Waals surface area contributed by atoms with E-state index in [1.165, 1.54) is 128 Å². The van der Waals surface area contributed by atoms with Crippen molar-refractivity contribution in [2.24, 2.45) is 0 Å². The van der Waals surface area contributed by atoms with Gasteiger partial charge in [0.05, 0.1) is 19.8 Å². The van der Waals surface area contributed by atoms with Crippen molar-refractivity contribution in [3.8, 4) is 0 Å². The van der Waals surface area contributed by atoms with E-state index >= 15 is 0 Å². The fraction of sp³-hybridized carbons (Fsp3) is 0.894. The van der Waals surface area contributed by atoms with Gasteiger partial charge in [-0.2, -0.15) is 8.42 Å². The van der Waals surface area contributed by atoms with E-state index in [0.29, 0.717) is 13.0 Å². The lowest BCUT2D eigenvalue weighted by molar-refractivity contribution is -0.301. The summed E-state index contributed by atoms with van der Waals surface area (Å²) in [6, 6.07) is 0. The lowest BCUT2D eigenvalue weighted by atomic mass is 9.99. The number of carbonyl (C=O) groups excluding carboxylic acids is 1. The first-order valence-corrected chi connectivity index (χ1v) is 25.5. The molecule has 0 aliphatic carbocycles. The van der Waals surface area contributed by atoms with E-state index in [-0.39, 0.29) is 19.6 Å². The van der Waals surface area contributed by atoms with Gasteiger partial charge in [-0.25, -0.2) is 4.18 Å². The smallest absolute Gasteiger partial charge is 0.397 e. The Morgan fingerprint density at radius 1 is 0.633 bits per heavy atom. The molecule has 0 aromatic carbocycles. The second kappa shape index (κ2) is 39.2. The number of ether oxygens (including phenoxy) is 4. The second-order valence-electron chi connectivity index (χ2n) is 16.7. The second-order valence-corrected chi connectivity index (χ2v) is 17.8. The normalized spacial score (nSPS) is 20.4. The molecule has 1 rings (SSSR count). The number of allylic oxidation sites excluding steroid dienone is 4. The highest BCUT2D eigenvalue weighted by Crippen LogP contribution is 2.26. The van der Waals surface area contributed by atoms with Gasteiger partial charge in [0.25, 0.3) is 0 Å². The maximum absolute atomic E-state index is 12.9. The summed E-state index contributed by atoms with van der Waals surface area (Å²) in [5.74, 6) is -0.404. The predicted molar refractivity (Wildman–Crippen MR) is 239 cm³/mol. The first-order valence-electron chi connectivity index (χ1n) is 24.1. The quantitative estimate of drug-likeness (QED) is 0.0198. The van der Waals surface area contributed by atoms with Crippen molar-refractivity contribution >= 4 is 16.4 Å². The highest BCUT2D eigenvalue weighted by Gasteiger charge is 2.48. The Kier molecular flexibility index (Phi) is 37.0. The van der Waals surface area contributed by atoms with Crippen molar-refractivity contribution in [2.45, 2.75) is 243 Å². The van der Waals surface area contributed by atoms with Crippen LogP contribution in [-0.4, -0.2) is 97.5 Å². The van der Waals surface area contributed by atoms with Crippen LogP contribution < -0.4 is 0 Å². The molecule has 6 atom stereocenters. The number of aliphatic hydroxyl groups excluding tert-OH is 3. The largest absolute Gasteiger partial charge is 0.457 e. The van der Waals surface area contributed by atoms with Gasteiger partial charge in [0.2, 0.25) is 0 Å². The third-order valence-corrected chi connectivity index (χ3v) is 11.5. The summed E-state index contributed by atoms with van der Waals surface area (Å²) in [7, 11) is -5.06. The number of esters is 1. The fourth-order valence-corrected chi connectivity index (χ4v) is 7.92. The van der Waals surface area contributed by atoms with Crippen LogP contribution in [0.25, 0.3) is 0 Å². The lowest BCUT2D eigenvalue weighted by Gasteiger charge is -2.41. The fourth-order valence-electron chi connectivity index (χ4n) is 7.41. The van der Waals surface area contributed by atoms with Crippen LogP contribution in [0.5, 0.6) is 0 Å². The molecular formula is C47H88O12S. The van der Waals surface area contributed by atoms with Gasteiger partial charge in [0.1, 0.15) is 30.5 Å². The van der Waals surface area contributed by atoms with Gasteiger partial charge in [0, 0.05) is 13.0 Å². The maximum atomic E-state index is 12.9. The summed E-state index contributed by atoms with van der Waals surface area (Å²) >= 11 is 0. The minimum Gasteiger partial charge on any atom is -0.457 e. The molecule has 0 amide bonds. The molecule has 12 nitrogen and oxygen atoms in total. The van der Waals surface area contributed by atoms with Crippen molar-refractivity contribution in [3.05, 3.63) is 24.3 Å². The monoisotopic (exact) mass is 877 g/mol. The number of rotatable bonds is 42. The molecule has 0 aromatic heterocycles. The third kappa shape index (κ3) is 32.3. The predicted octanol–water partition coefficient (Wildman–Crippen LogP) is 10.4. The average Bonchev–Trinajstić information content (AvgIpc) is 3.22. The van der Waals surface area contributed by atoms with Crippen LogP contribution >= 0.6 is 0 Å². The van der Waals surface area contributed by atoms with Crippen molar-refractivity contribution in [1.82, 2.24) is 0 Å². The zero-order chi connectivity index (χ0) is 43.9. The summed E-state index contributed by atoms with van der Waals surface area (Å²) in [5.41, 5.74) is 0. The van der Waals surface area contributed by atoms with Gasteiger partial charge < -0.3 is 34.3 Å². The van der Waals surface area contributed by atoms with Gasteiger partial charge >= 0.3 is 16.4 Å². The molecule has 0 aromatic rings. The minimum absolute atomic E-state index is 0.0369. The molecular weight excluding hydrogens is 789 g/mol. The summed E-state index contributed by atoms with van der Waals surface area (Å²) in [4.78, 5) is 12.9. The molecule has 13 heteroatoms. The van der Waals surface area contributed by atoms with Crippen molar-refractivity contribution < 1.29 is 56.2 Å². The molecule has 6 unspecified atom stereocenters. The van der Waals surface area contributed by atoms with Crippen molar-refractivity contribution in [1.29, 1.82) is 0 Å². The van der Waals surface area contributed by atoms with E-state index in [4.69, 9.17) is 23.5 Å². The Labute approximate surface area is 365 Å².